The van der Waals surface area contributed by atoms with Gasteiger partial charge in [0, 0.05) is 30.4 Å². The quantitative estimate of drug-likeness (QED) is 0.908. The number of rotatable bonds is 3. The Kier molecular flexibility index (Phi) is 4.28. The van der Waals surface area contributed by atoms with E-state index in [0.29, 0.717) is 10.8 Å². The van der Waals surface area contributed by atoms with E-state index in [1.54, 1.807) is 36.3 Å². The van der Waals surface area contributed by atoms with E-state index >= 15 is 0 Å². The van der Waals surface area contributed by atoms with Crippen LogP contribution in [0.15, 0.2) is 29.5 Å². The fourth-order valence-electron chi connectivity index (χ4n) is 2.16. The topological polar surface area (TPSA) is 65.8 Å². The Labute approximate surface area is 125 Å². The van der Waals surface area contributed by atoms with Crippen molar-refractivity contribution in [1.82, 2.24) is 9.88 Å². The molecule has 0 radical (unpaired) electrons. The monoisotopic (exact) mass is 309 g/mol. The van der Waals surface area contributed by atoms with Gasteiger partial charge in [0.25, 0.3) is 0 Å². The van der Waals surface area contributed by atoms with Crippen molar-refractivity contribution in [3.8, 4) is 0 Å². The third-order valence-electron chi connectivity index (χ3n) is 3.28. The van der Waals surface area contributed by atoms with Crippen LogP contribution in [0.4, 0.5) is 0 Å². The molecule has 1 aromatic rings. The maximum atomic E-state index is 12.3. The average Bonchev–Trinajstić information content (AvgIpc) is 3.18. The smallest absolute Gasteiger partial charge is 0.248 e. The molecule has 5 nitrogen and oxygen atoms in total. The van der Waals surface area contributed by atoms with Crippen LogP contribution < -0.4 is 0 Å². The van der Waals surface area contributed by atoms with Gasteiger partial charge >= 0.3 is 0 Å². The number of aliphatic hydroxyl groups excluding tert-OH is 1. The van der Waals surface area contributed by atoms with Crippen LogP contribution in [0.25, 0.3) is 0 Å². The van der Waals surface area contributed by atoms with Crippen molar-refractivity contribution < 1.29 is 9.90 Å². The molecule has 2 atom stereocenters. The van der Waals surface area contributed by atoms with Gasteiger partial charge in [0.2, 0.25) is 5.91 Å². The highest BCUT2D eigenvalue weighted by molar-refractivity contribution is 8.14. The zero-order chi connectivity index (χ0) is 13.9. The Bertz CT molecular complexity index is 518. The summed E-state index contributed by atoms with van der Waals surface area (Å²) >= 11 is 3.23. The lowest BCUT2D eigenvalue weighted by molar-refractivity contribution is -0.130. The SMILES string of the molecule is O=C(C1CSC(C(O)c2ccncc2)=N1)N1CCSC1. The van der Waals surface area contributed by atoms with Crippen molar-refractivity contribution in [3.63, 3.8) is 0 Å². The molecule has 3 rings (SSSR count). The molecule has 1 fully saturated rings. The van der Waals surface area contributed by atoms with Crippen LogP contribution in [0.3, 0.4) is 0 Å². The van der Waals surface area contributed by atoms with Gasteiger partial charge in [-0.15, -0.1) is 23.5 Å². The van der Waals surface area contributed by atoms with Crippen LogP contribution in [0.2, 0.25) is 0 Å². The molecular formula is C13H15N3O2S2. The van der Waals surface area contributed by atoms with Gasteiger partial charge in [0.15, 0.2) is 0 Å². The number of pyridine rings is 1. The van der Waals surface area contributed by atoms with E-state index in [9.17, 15) is 9.90 Å². The molecular weight excluding hydrogens is 294 g/mol. The highest BCUT2D eigenvalue weighted by Gasteiger charge is 2.32. The molecule has 0 aromatic carbocycles. The molecule has 1 N–H and O–H groups in total. The third kappa shape index (κ3) is 2.84. The Morgan fingerprint density at radius 2 is 2.25 bits per heavy atom. The number of hydrogen-bond acceptors (Lipinski definition) is 6. The first-order chi connectivity index (χ1) is 9.75. The number of aliphatic hydroxyl groups is 1. The van der Waals surface area contributed by atoms with Crippen molar-refractivity contribution in [2.75, 3.05) is 23.9 Å². The van der Waals surface area contributed by atoms with Gasteiger partial charge in [-0.2, -0.15) is 0 Å². The van der Waals surface area contributed by atoms with Crippen molar-refractivity contribution in [2.24, 2.45) is 4.99 Å². The minimum absolute atomic E-state index is 0.0828. The second-order valence-electron chi connectivity index (χ2n) is 4.62. The van der Waals surface area contributed by atoms with E-state index < -0.39 is 6.10 Å². The van der Waals surface area contributed by atoms with Crippen molar-refractivity contribution in [3.05, 3.63) is 30.1 Å². The summed E-state index contributed by atoms with van der Waals surface area (Å²) in [6.07, 6.45) is 2.53. The number of amides is 1. The molecule has 0 aliphatic carbocycles. The average molecular weight is 309 g/mol. The van der Waals surface area contributed by atoms with Gasteiger partial charge in [-0.25, -0.2) is 0 Å². The number of aromatic nitrogens is 1. The zero-order valence-corrected chi connectivity index (χ0v) is 12.4. The van der Waals surface area contributed by atoms with Crippen LogP contribution in [0.1, 0.15) is 11.7 Å². The van der Waals surface area contributed by atoms with Gasteiger partial charge < -0.3 is 10.0 Å². The molecule has 1 saturated heterocycles. The highest BCUT2D eigenvalue weighted by Crippen LogP contribution is 2.29. The van der Waals surface area contributed by atoms with Crippen molar-refractivity contribution >= 4 is 34.5 Å². The van der Waals surface area contributed by atoms with E-state index in [1.165, 1.54) is 11.8 Å². The molecule has 20 heavy (non-hydrogen) atoms. The highest BCUT2D eigenvalue weighted by atomic mass is 32.2. The number of nitrogens with zero attached hydrogens (tertiary/aromatic N) is 3. The molecule has 3 heterocycles. The third-order valence-corrected chi connectivity index (χ3v) is 5.35. The maximum absolute atomic E-state index is 12.3. The van der Waals surface area contributed by atoms with Gasteiger partial charge in [0.05, 0.1) is 5.88 Å². The summed E-state index contributed by atoms with van der Waals surface area (Å²) in [7, 11) is 0. The summed E-state index contributed by atoms with van der Waals surface area (Å²) in [5, 5.41) is 10.9. The van der Waals surface area contributed by atoms with E-state index in [4.69, 9.17) is 0 Å². The summed E-state index contributed by atoms with van der Waals surface area (Å²) < 4.78 is 0. The number of thioether (sulfide) groups is 2. The maximum Gasteiger partial charge on any atom is 0.248 e. The summed E-state index contributed by atoms with van der Waals surface area (Å²) in [6, 6.07) is 3.19. The lowest BCUT2D eigenvalue weighted by atomic mass is 10.1. The largest absolute Gasteiger partial charge is 0.381 e. The molecule has 2 unspecified atom stereocenters. The summed E-state index contributed by atoms with van der Waals surface area (Å²) in [5.74, 6) is 2.47. The van der Waals surface area contributed by atoms with Crippen LogP contribution in [-0.4, -0.2) is 55.9 Å². The van der Waals surface area contributed by atoms with Crippen LogP contribution in [-0.2, 0) is 4.79 Å². The first-order valence-electron chi connectivity index (χ1n) is 6.41. The Morgan fingerprint density at radius 1 is 1.45 bits per heavy atom. The summed E-state index contributed by atoms with van der Waals surface area (Å²) in [5.41, 5.74) is 0.760. The van der Waals surface area contributed by atoms with Gasteiger partial charge in [-0.3, -0.25) is 14.8 Å². The van der Waals surface area contributed by atoms with Gasteiger partial charge in [-0.1, -0.05) is 0 Å². The number of aliphatic imine (C=N–C) groups is 1. The van der Waals surface area contributed by atoms with E-state index in [1.807, 2.05) is 4.90 Å². The summed E-state index contributed by atoms with van der Waals surface area (Å²) in [6.45, 7) is 0.808. The molecule has 2 aliphatic heterocycles. The molecule has 0 bridgehead atoms. The Morgan fingerprint density at radius 3 is 2.95 bits per heavy atom. The normalized spacial score (nSPS) is 23.8. The van der Waals surface area contributed by atoms with Crippen LogP contribution in [0, 0.1) is 0 Å². The molecule has 106 valence electrons. The van der Waals surface area contributed by atoms with Gasteiger partial charge in [0.1, 0.15) is 17.2 Å². The minimum Gasteiger partial charge on any atom is -0.381 e. The first-order valence-corrected chi connectivity index (χ1v) is 8.55. The fraction of sp³-hybridized carbons (Fsp3) is 0.462. The fourth-order valence-corrected chi connectivity index (χ4v) is 4.15. The van der Waals surface area contributed by atoms with E-state index in [0.717, 1.165) is 23.7 Å². The standard InChI is InChI=1S/C13H15N3O2S2/c17-11(9-1-3-14-4-2-9)12-15-10(7-20-12)13(18)16-5-6-19-8-16/h1-4,10-11,17H,5-8H2. The molecule has 1 aromatic heterocycles. The first kappa shape index (κ1) is 13.9. The lowest BCUT2D eigenvalue weighted by Gasteiger charge is -2.16. The van der Waals surface area contributed by atoms with E-state index in [2.05, 4.69) is 9.98 Å². The van der Waals surface area contributed by atoms with Gasteiger partial charge in [-0.05, 0) is 17.7 Å². The second-order valence-corrected chi connectivity index (χ2v) is 6.73. The van der Waals surface area contributed by atoms with E-state index in [-0.39, 0.29) is 11.9 Å². The lowest BCUT2D eigenvalue weighted by Crippen LogP contribution is -2.36. The Hall–Kier alpha value is -1.05. The molecule has 0 saturated carbocycles. The zero-order valence-electron chi connectivity index (χ0n) is 10.8. The molecule has 0 spiro atoms. The summed E-state index contributed by atoms with van der Waals surface area (Å²) in [4.78, 5) is 22.4. The minimum atomic E-state index is -0.756. The molecule has 1 amide bonds. The molecule has 2 aliphatic rings. The number of hydrogen-bond donors (Lipinski definition) is 1. The van der Waals surface area contributed by atoms with Crippen LogP contribution in [0.5, 0.6) is 0 Å². The number of carbonyl (C=O) groups excluding carboxylic acids is 1. The second kappa shape index (κ2) is 6.15. The molecule has 7 heteroatoms. The predicted octanol–water partition coefficient (Wildman–Crippen LogP) is 1.16. The predicted molar refractivity (Wildman–Crippen MR) is 81.9 cm³/mol. The van der Waals surface area contributed by atoms with Crippen LogP contribution >= 0.6 is 23.5 Å². The number of carbonyl (C=O) groups is 1. The van der Waals surface area contributed by atoms with Crippen molar-refractivity contribution in [1.29, 1.82) is 0 Å². The Balaban J connectivity index is 1.70. The van der Waals surface area contributed by atoms with Crippen molar-refractivity contribution in [2.45, 2.75) is 12.1 Å².